The summed E-state index contributed by atoms with van der Waals surface area (Å²) in [7, 11) is -4.98. The monoisotopic (exact) mass is 652 g/mol. The van der Waals surface area contributed by atoms with E-state index in [0.717, 1.165) is 36.2 Å². The fraction of sp³-hybridized carbons (Fsp3) is 0.438. The van der Waals surface area contributed by atoms with Gasteiger partial charge in [0.1, 0.15) is 12.1 Å². The first kappa shape index (κ1) is 31.4. The zero-order chi connectivity index (χ0) is 31.9. The molecule has 0 saturated carbocycles. The zero-order valence-electron chi connectivity index (χ0n) is 24.4. The van der Waals surface area contributed by atoms with E-state index in [4.69, 9.17) is 0 Å². The highest BCUT2D eigenvalue weighted by atomic mass is 32.1. The first-order valence-corrected chi connectivity index (χ1v) is 17.6. The second kappa shape index (κ2) is 12.6. The first-order chi connectivity index (χ1) is 21.5. The predicted octanol–water partition coefficient (Wildman–Crippen LogP) is 4.84. The van der Waals surface area contributed by atoms with Crippen LogP contribution < -0.4 is 5.32 Å². The number of nitrogens with zero attached hydrogens (tertiary/aromatic N) is 3. The number of fused-ring (bicyclic) bond motifs is 2. The van der Waals surface area contributed by atoms with Gasteiger partial charge in [-0.25, -0.2) is 4.39 Å². The van der Waals surface area contributed by atoms with Crippen molar-refractivity contribution in [1.82, 2.24) is 15.1 Å². The third-order valence-electron chi connectivity index (χ3n) is 9.28. The smallest absolute Gasteiger partial charge is 0.340 e. The van der Waals surface area contributed by atoms with E-state index in [2.05, 4.69) is 11.4 Å². The molecule has 3 saturated heterocycles. The van der Waals surface area contributed by atoms with Crippen LogP contribution in [0, 0.1) is 17.2 Å². The number of hydrogen-bond donors (Lipinski definition) is 3. The molecule has 13 heteroatoms. The van der Waals surface area contributed by atoms with Crippen molar-refractivity contribution < 1.29 is 33.1 Å². The van der Waals surface area contributed by atoms with Crippen LogP contribution >= 0.6 is 18.9 Å². The molecule has 3 aliphatic heterocycles. The summed E-state index contributed by atoms with van der Waals surface area (Å²) < 4.78 is 26.3. The number of benzene rings is 2. The highest BCUT2D eigenvalue weighted by molar-refractivity contribution is 7.51. The van der Waals surface area contributed by atoms with Crippen molar-refractivity contribution in [2.45, 2.75) is 68.5 Å². The number of thiophene rings is 1. The van der Waals surface area contributed by atoms with Crippen LogP contribution in [0.25, 0.3) is 10.1 Å². The van der Waals surface area contributed by atoms with Gasteiger partial charge in [0.2, 0.25) is 17.7 Å². The number of amides is 3. The van der Waals surface area contributed by atoms with Crippen molar-refractivity contribution in [1.29, 1.82) is 5.26 Å². The van der Waals surface area contributed by atoms with Gasteiger partial charge in [0.05, 0.1) is 16.9 Å². The molecule has 3 aromatic rings. The number of carbonyl (C=O) groups excluding carboxylic acids is 3. The van der Waals surface area contributed by atoms with E-state index >= 15 is 0 Å². The molecule has 45 heavy (non-hydrogen) atoms. The van der Waals surface area contributed by atoms with Crippen LogP contribution in [-0.4, -0.2) is 68.5 Å². The second-order valence-electron chi connectivity index (χ2n) is 12.1. The zero-order valence-corrected chi connectivity index (χ0v) is 26.1. The lowest BCUT2D eigenvalue weighted by Crippen LogP contribution is -2.59. The Hall–Kier alpha value is -3.62. The largest absolute Gasteiger partial charge is 0.363 e. The number of alkyl halides is 1. The molecule has 4 heterocycles. The summed E-state index contributed by atoms with van der Waals surface area (Å²) in [5.74, 6) is -3.83. The first-order valence-electron chi connectivity index (χ1n) is 15.1. The Labute approximate surface area is 264 Å². The molecule has 0 radical (unpaired) electrons. The Morgan fingerprint density at radius 2 is 1.78 bits per heavy atom. The van der Waals surface area contributed by atoms with Crippen LogP contribution in [0.2, 0.25) is 0 Å². The van der Waals surface area contributed by atoms with Crippen LogP contribution in [0.1, 0.15) is 71.2 Å². The number of likely N-dealkylation sites (tertiary alicyclic amines) is 1. The van der Waals surface area contributed by atoms with Gasteiger partial charge in [-0.15, -0.1) is 11.3 Å². The van der Waals surface area contributed by atoms with Gasteiger partial charge in [-0.3, -0.25) is 18.9 Å². The fourth-order valence-electron chi connectivity index (χ4n) is 7.04. The molecule has 1 unspecified atom stereocenters. The normalized spacial score (nSPS) is 26.2. The minimum Gasteiger partial charge on any atom is -0.340 e. The number of nitrogens with one attached hydrogen (secondary N) is 1. The van der Waals surface area contributed by atoms with E-state index < -0.39 is 31.5 Å². The minimum absolute atomic E-state index is 0.101. The molecule has 0 spiro atoms. The predicted molar refractivity (Wildman–Crippen MR) is 166 cm³/mol. The summed E-state index contributed by atoms with van der Waals surface area (Å²) in [5, 5.41) is 13.2. The summed E-state index contributed by atoms with van der Waals surface area (Å²) >= 11 is 1.13. The maximum Gasteiger partial charge on any atom is 0.363 e. The van der Waals surface area contributed by atoms with Crippen LogP contribution in [-0.2, 0) is 14.2 Å². The number of nitriles is 1. The fourth-order valence-corrected chi connectivity index (χ4v) is 8.54. The van der Waals surface area contributed by atoms with Crippen molar-refractivity contribution >= 4 is 46.7 Å². The third kappa shape index (κ3) is 6.27. The Kier molecular flexibility index (Phi) is 8.81. The van der Waals surface area contributed by atoms with Gasteiger partial charge in [-0.1, -0.05) is 36.4 Å². The van der Waals surface area contributed by atoms with E-state index in [-0.39, 0.29) is 40.1 Å². The Morgan fingerprint density at radius 1 is 1.04 bits per heavy atom. The number of rotatable bonds is 6. The van der Waals surface area contributed by atoms with Gasteiger partial charge in [-0.05, 0) is 73.2 Å². The summed E-state index contributed by atoms with van der Waals surface area (Å²) in [6.07, 6.45) is 3.97. The van der Waals surface area contributed by atoms with Crippen molar-refractivity contribution in [3.63, 3.8) is 0 Å². The van der Waals surface area contributed by atoms with E-state index in [1.165, 1.54) is 24.3 Å². The van der Waals surface area contributed by atoms with Crippen LogP contribution in [0.5, 0.6) is 0 Å². The third-order valence-corrected chi connectivity index (χ3v) is 11.3. The molecule has 0 aliphatic carbocycles. The summed E-state index contributed by atoms with van der Waals surface area (Å²) in [4.78, 5) is 63.5. The standard InChI is InChI=1S/C32H34FN4O6PS/c33-29(44(41,42)43)20-12-13-27-21(14-20)15-28(45-27)30(38)35-25-10-4-8-23-9-5-11-26(37(23)31(25)39)32(40)36-17-22(16-34)24(18-36)19-6-2-1-3-7-19/h1-3,6-7,12-15,22-26,29H,4-5,8-11,17-18H2,(H,35,38)(H2,41,42,43)/t22-,23+,24+,25+,26+,29?/m1/s1. The van der Waals surface area contributed by atoms with Crippen molar-refractivity contribution in [2.24, 2.45) is 5.92 Å². The molecule has 10 nitrogen and oxygen atoms in total. The van der Waals surface area contributed by atoms with E-state index in [1.807, 2.05) is 30.3 Å². The van der Waals surface area contributed by atoms with Gasteiger partial charge >= 0.3 is 7.60 Å². The van der Waals surface area contributed by atoms with E-state index in [9.17, 15) is 38.4 Å². The quantitative estimate of drug-likeness (QED) is 0.322. The van der Waals surface area contributed by atoms with Crippen LogP contribution in [0.4, 0.5) is 4.39 Å². The van der Waals surface area contributed by atoms with E-state index in [0.29, 0.717) is 42.4 Å². The Morgan fingerprint density at radius 3 is 2.49 bits per heavy atom. The molecule has 3 amide bonds. The SMILES string of the molecule is N#C[C@@H]1CN(C(=O)[C@@H]2CCC[C@@H]3CCC[C@H](NC(=O)c4cc5cc(C(F)P(=O)(O)O)ccc5s4)C(=O)N32)C[C@H]1c1ccccc1. The van der Waals surface area contributed by atoms with Crippen molar-refractivity contribution in [2.75, 3.05) is 13.1 Å². The lowest BCUT2D eigenvalue weighted by molar-refractivity contribution is -0.150. The highest BCUT2D eigenvalue weighted by Crippen LogP contribution is 2.53. The maximum absolute atomic E-state index is 14.3. The average molecular weight is 653 g/mol. The molecule has 0 bridgehead atoms. The Balaban J connectivity index is 1.19. The number of halogens is 1. The molecule has 3 N–H and O–H groups in total. The van der Waals surface area contributed by atoms with Gasteiger partial charge in [-0.2, -0.15) is 5.26 Å². The molecule has 236 valence electrons. The van der Waals surface area contributed by atoms with E-state index in [1.54, 1.807) is 9.80 Å². The molecule has 3 aliphatic rings. The number of hydrogen-bond acceptors (Lipinski definition) is 6. The van der Waals surface area contributed by atoms with Gasteiger partial charge in [0, 0.05) is 29.7 Å². The molecule has 3 fully saturated rings. The van der Waals surface area contributed by atoms with Crippen LogP contribution in [0.15, 0.2) is 54.6 Å². The average Bonchev–Trinajstić information content (AvgIpc) is 3.64. The van der Waals surface area contributed by atoms with Gasteiger partial charge in [0.25, 0.3) is 5.91 Å². The molecule has 1 aromatic heterocycles. The van der Waals surface area contributed by atoms with Gasteiger partial charge in [0.15, 0.2) is 0 Å². The molecular formula is C32H34FN4O6PS. The summed E-state index contributed by atoms with van der Waals surface area (Å²) in [6, 6.07) is 16.1. The Bertz CT molecular complexity index is 1710. The topological polar surface area (TPSA) is 151 Å². The summed E-state index contributed by atoms with van der Waals surface area (Å²) in [6.45, 7) is 0.721. The van der Waals surface area contributed by atoms with Crippen LogP contribution in [0.3, 0.4) is 0 Å². The second-order valence-corrected chi connectivity index (χ2v) is 14.8. The minimum atomic E-state index is -4.98. The molecule has 6 atom stereocenters. The van der Waals surface area contributed by atoms with Crippen molar-refractivity contribution in [3.05, 3.63) is 70.6 Å². The lowest BCUT2D eigenvalue weighted by Gasteiger charge is -2.42. The van der Waals surface area contributed by atoms with Gasteiger partial charge < -0.3 is 24.9 Å². The lowest BCUT2D eigenvalue weighted by atomic mass is 9.90. The molecule has 6 rings (SSSR count). The van der Waals surface area contributed by atoms with Crippen molar-refractivity contribution in [3.8, 4) is 6.07 Å². The molecule has 2 aromatic carbocycles. The number of carbonyl (C=O) groups is 3. The molecular weight excluding hydrogens is 618 g/mol. The highest BCUT2D eigenvalue weighted by Gasteiger charge is 2.46. The summed E-state index contributed by atoms with van der Waals surface area (Å²) in [5.41, 5.74) is 0.832. The number of piperidine rings is 1. The maximum atomic E-state index is 14.3.